The van der Waals surface area contributed by atoms with E-state index in [2.05, 4.69) is 5.32 Å². The molecule has 0 spiro atoms. The lowest BCUT2D eigenvalue weighted by Crippen LogP contribution is -2.06. The van der Waals surface area contributed by atoms with Gasteiger partial charge in [-0.1, -0.05) is 31.2 Å². The molecule has 2 aromatic carbocycles. The third kappa shape index (κ3) is 4.75. The molecule has 0 bridgehead atoms. The highest BCUT2D eigenvalue weighted by atomic mass is 19.1. The molecule has 0 radical (unpaired) electrons. The number of hydrogen-bond donors (Lipinski definition) is 1. The Morgan fingerprint density at radius 1 is 1.22 bits per heavy atom. The minimum absolute atomic E-state index is 0.236. The van der Waals surface area contributed by atoms with Crippen LogP contribution in [0.1, 0.15) is 24.5 Å². The molecule has 0 unspecified atom stereocenters. The Bertz CT molecular complexity index is 677. The number of ether oxygens (including phenoxy) is 1. The number of non-ortho nitro benzene ring substituents is 1. The van der Waals surface area contributed by atoms with Gasteiger partial charge in [-0.25, -0.2) is 4.39 Å². The normalized spacial score (nSPS) is 10.5. The molecule has 0 atom stereocenters. The highest BCUT2D eigenvalue weighted by molar-refractivity contribution is 5.50. The summed E-state index contributed by atoms with van der Waals surface area (Å²) in [5.74, 6) is -0.640. The summed E-state index contributed by atoms with van der Waals surface area (Å²) >= 11 is 0. The zero-order valence-corrected chi connectivity index (χ0v) is 12.9. The molecule has 5 nitrogen and oxygen atoms in total. The first-order valence-electron chi connectivity index (χ1n) is 7.44. The van der Waals surface area contributed by atoms with Crippen molar-refractivity contribution < 1.29 is 14.1 Å². The Morgan fingerprint density at radius 2 is 1.96 bits per heavy atom. The second-order valence-corrected chi connectivity index (χ2v) is 5.10. The first-order chi connectivity index (χ1) is 11.1. The van der Waals surface area contributed by atoms with Crippen LogP contribution in [0.3, 0.4) is 0 Å². The largest absolute Gasteiger partial charge is 0.379 e. The summed E-state index contributed by atoms with van der Waals surface area (Å²) in [4.78, 5) is 10.0. The molecule has 0 saturated carbocycles. The van der Waals surface area contributed by atoms with Gasteiger partial charge in [-0.2, -0.15) is 0 Å². The molecule has 2 aromatic rings. The third-order valence-electron chi connectivity index (χ3n) is 3.36. The monoisotopic (exact) mass is 318 g/mol. The zero-order valence-electron chi connectivity index (χ0n) is 12.9. The molecule has 0 aromatic heterocycles. The van der Waals surface area contributed by atoms with Crippen molar-refractivity contribution in [3.63, 3.8) is 0 Å². The van der Waals surface area contributed by atoms with E-state index >= 15 is 0 Å². The molecule has 2 rings (SSSR count). The fourth-order valence-corrected chi connectivity index (χ4v) is 2.15. The summed E-state index contributed by atoms with van der Waals surface area (Å²) in [6.45, 7) is 3.67. The topological polar surface area (TPSA) is 64.4 Å². The fourth-order valence-electron chi connectivity index (χ4n) is 2.15. The summed E-state index contributed by atoms with van der Waals surface area (Å²) < 4.78 is 19.4. The summed E-state index contributed by atoms with van der Waals surface area (Å²) in [5, 5.41) is 13.6. The maximum atomic E-state index is 13.9. The zero-order chi connectivity index (χ0) is 16.7. The van der Waals surface area contributed by atoms with Gasteiger partial charge in [0.1, 0.15) is 0 Å². The maximum absolute atomic E-state index is 13.9. The number of nitrogens with zero attached hydrogens (tertiary/aromatic N) is 1. The Labute approximate surface area is 134 Å². The summed E-state index contributed by atoms with van der Waals surface area (Å²) in [7, 11) is 0. The van der Waals surface area contributed by atoms with Crippen molar-refractivity contribution >= 4 is 11.4 Å². The second kappa shape index (κ2) is 8.24. The van der Waals surface area contributed by atoms with E-state index < -0.39 is 10.7 Å². The molecule has 0 amide bonds. The lowest BCUT2D eigenvalue weighted by molar-refractivity contribution is -0.385. The van der Waals surface area contributed by atoms with E-state index in [-0.39, 0.29) is 11.4 Å². The highest BCUT2D eigenvalue weighted by Gasteiger charge is 2.11. The van der Waals surface area contributed by atoms with Crippen LogP contribution in [0.5, 0.6) is 0 Å². The quantitative estimate of drug-likeness (QED) is 0.448. The lowest BCUT2D eigenvalue weighted by Gasteiger charge is -2.12. The number of halogens is 1. The van der Waals surface area contributed by atoms with Crippen molar-refractivity contribution in [2.45, 2.75) is 26.5 Å². The van der Waals surface area contributed by atoms with E-state index in [1.165, 1.54) is 12.1 Å². The van der Waals surface area contributed by atoms with Gasteiger partial charge in [-0.3, -0.25) is 10.1 Å². The first-order valence-corrected chi connectivity index (χ1v) is 7.44. The molecule has 6 heteroatoms. The Kier molecular flexibility index (Phi) is 6.05. The van der Waals surface area contributed by atoms with E-state index in [9.17, 15) is 14.5 Å². The summed E-state index contributed by atoms with van der Waals surface area (Å²) in [6, 6.07) is 11.3. The molecule has 122 valence electrons. The van der Waals surface area contributed by atoms with Gasteiger partial charge in [-0.05, 0) is 23.6 Å². The Balaban J connectivity index is 2.05. The van der Waals surface area contributed by atoms with Gasteiger partial charge in [0.05, 0.1) is 23.3 Å². The number of hydrogen-bond acceptors (Lipinski definition) is 4. The van der Waals surface area contributed by atoms with Crippen molar-refractivity contribution in [2.75, 3.05) is 11.9 Å². The smallest absolute Gasteiger partial charge is 0.272 e. The predicted octanol–water partition coefficient (Wildman–Crippen LogP) is 4.27. The summed E-state index contributed by atoms with van der Waals surface area (Å²) in [6.07, 6.45) is 0.953. The molecule has 1 N–H and O–H groups in total. The van der Waals surface area contributed by atoms with Crippen LogP contribution in [0, 0.1) is 15.9 Å². The number of nitro benzene ring substituents is 1. The Hall–Kier alpha value is -2.47. The van der Waals surface area contributed by atoms with Crippen molar-refractivity contribution in [3.8, 4) is 0 Å². The van der Waals surface area contributed by atoms with Gasteiger partial charge < -0.3 is 10.1 Å². The molecule has 0 aliphatic carbocycles. The number of benzene rings is 2. The van der Waals surface area contributed by atoms with E-state index in [4.69, 9.17) is 4.74 Å². The molecule has 0 heterocycles. The van der Waals surface area contributed by atoms with Crippen LogP contribution in [0.15, 0.2) is 42.5 Å². The lowest BCUT2D eigenvalue weighted by atomic mass is 10.1. The maximum Gasteiger partial charge on any atom is 0.272 e. The molecular weight excluding hydrogens is 299 g/mol. The van der Waals surface area contributed by atoms with E-state index in [0.29, 0.717) is 19.8 Å². The van der Waals surface area contributed by atoms with Crippen LogP contribution >= 0.6 is 0 Å². The molecule has 0 aliphatic rings. The van der Waals surface area contributed by atoms with Crippen molar-refractivity contribution in [2.24, 2.45) is 0 Å². The van der Waals surface area contributed by atoms with Gasteiger partial charge in [-0.15, -0.1) is 0 Å². The minimum atomic E-state index is -0.640. The first kappa shape index (κ1) is 16.9. The van der Waals surface area contributed by atoms with Crippen molar-refractivity contribution in [3.05, 3.63) is 69.5 Å². The second-order valence-electron chi connectivity index (χ2n) is 5.10. The van der Waals surface area contributed by atoms with Gasteiger partial charge in [0, 0.05) is 19.2 Å². The van der Waals surface area contributed by atoms with Crippen LogP contribution in [0.25, 0.3) is 0 Å². The van der Waals surface area contributed by atoms with Crippen LogP contribution < -0.4 is 5.32 Å². The predicted molar refractivity (Wildman–Crippen MR) is 86.8 cm³/mol. The Morgan fingerprint density at radius 3 is 2.61 bits per heavy atom. The number of rotatable bonds is 8. The van der Waals surface area contributed by atoms with E-state index in [0.717, 1.165) is 23.6 Å². The third-order valence-corrected chi connectivity index (χ3v) is 3.36. The number of anilines is 1. The van der Waals surface area contributed by atoms with Crippen LogP contribution in [-0.4, -0.2) is 11.5 Å². The van der Waals surface area contributed by atoms with E-state index in [1.807, 2.05) is 31.2 Å². The molecular formula is C17H19FN2O3. The van der Waals surface area contributed by atoms with Crippen LogP contribution in [0.2, 0.25) is 0 Å². The fraction of sp³-hybridized carbons (Fsp3) is 0.294. The average Bonchev–Trinajstić information content (AvgIpc) is 2.55. The van der Waals surface area contributed by atoms with E-state index in [1.54, 1.807) is 0 Å². The SMILES string of the molecule is CCCOCc1ccccc1CNc1ccc([N+](=O)[O-])cc1F. The van der Waals surface area contributed by atoms with Gasteiger partial charge in [0.15, 0.2) is 5.82 Å². The molecule has 0 saturated heterocycles. The van der Waals surface area contributed by atoms with Gasteiger partial charge >= 0.3 is 0 Å². The molecule has 23 heavy (non-hydrogen) atoms. The van der Waals surface area contributed by atoms with Gasteiger partial charge in [0.25, 0.3) is 5.69 Å². The number of nitro groups is 1. The minimum Gasteiger partial charge on any atom is -0.379 e. The van der Waals surface area contributed by atoms with Crippen LogP contribution in [-0.2, 0) is 17.9 Å². The van der Waals surface area contributed by atoms with Crippen molar-refractivity contribution in [1.82, 2.24) is 0 Å². The van der Waals surface area contributed by atoms with Crippen molar-refractivity contribution in [1.29, 1.82) is 0 Å². The summed E-state index contributed by atoms with van der Waals surface area (Å²) in [5.41, 5.74) is 2.01. The average molecular weight is 318 g/mol. The molecule has 0 fully saturated rings. The van der Waals surface area contributed by atoms with Gasteiger partial charge in [0.2, 0.25) is 0 Å². The standard InChI is InChI=1S/C17H19FN2O3/c1-2-9-23-12-14-6-4-3-5-13(14)11-19-17-8-7-15(20(21)22)10-16(17)18/h3-8,10,19H,2,9,11-12H2,1H3. The highest BCUT2D eigenvalue weighted by Crippen LogP contribution is 2.21. The molecule has 0 aliphatic heterocycles. The van der Waals surface area contributed by atoms with Crippen LogP contribution in [0.4, 0.5) is 15.8 Å². The number of nitrogens with one attached hydrogen (secondary N) is 1.